The maximum absolute atomic E-state index is 12.4. The van der Waals surface area contributed by atoms with E-state index in [1.54, 1.807) is 38.1 Å². The molecule has 0 fully saturated rings. The molecule has 24 heavy (non-hydrogen) atoms. The van der Waals surface area contributed by atoms with E-state index in [0.717, 1.165) is 4.47 Å². The molecule has 0 aliphatic carbocycles. The lowest BCUT2D eigenvalue weighted by Gasteiger charge is -2.26. The summed E-state index contributed by atoms with van der Waals surface area (Å²) in [5.41, 5.74) is -0.725. The Labute approximate surface area is 155 Å². The smallest absolute Gasteiger partial charge is 0.330 e. The summed E-state index contributed by atoms with van der Waals surface area (Å²) < 4.78 is 11.0. The van der Waals surface area contributed by atoms with Gasteiger partial charge in [-0.15, -0.1) is 0 Å². The first-order valence-corrected chi connectivity index (χ1v) is 8.56. The number of carbonyl (C=O) groups excluding carboxylic acids is 2. The van der Waals surface area contributed by atoms with Crippen LogP contribution in [0.15, 0.2) is 34.8 Å². The summed E-state index contributed by atoms with van der Waals surface area (Å²) in [6.07, 6.45) is 2.64. The maximum Gasteiger partial charge on any atom is 0.330 e. The Balaban J connectivity index is 2.79. The van der Waals surface area contributed by atoms with Crippen LogP contribution in [-0.2, 0) is 14.3 Å². The minimum atomic E-state index is -0.725. The van der Waals surface area contributed by atoms with Gasteiger partial charge in [0.1, 0.15) is 5.75 Å². The fourth-order valence-corrected chi connectivity index (χ4v) is 2.70. The van der Waals surface area contributed by atoms with E-state index in [9.17, 15) is 9.59 Å². The molecule has 5 nitrogen and oxygen atoms in total. The average Bonchev–Trinajstić information content (AvgIpc) is 2.48. The van der Waals surface area contributed by atoms with Gasteiger partial charge in [0.15, 0.2) is 6.10 Å². The number of benzene rings is 1. The van der Waals surface area contributed by atoms with Gasteiger partial charge >= 0.3 is 5.97 Å². The summed E-state index contributed by atoms with van der Waals surface area (Å²) in [5.74, 6) is -0.267. The van der Waals surface area contributed by atoms with Crippen LogP contribution >= 0.6 is 27.5 Å². The third kappa shape index (κ3) is 6.93. The summed E-state index contributed by atoms with van der Waals surface area (Å²) in [7, 11) is 1.29. The summed E-state index contributed by atoms with van der Waals surface area (Å²) >= 11 is 9.32. The number of amides is 1. The van der Waals surface area contributed by atoms with Crippen molar-refractivity contribution in [2.75, 3.05) is 7.11 Å². The van der Waals surface area contributed by atoms with E-state index in [0.29, 0.717) is 17.2 Å². The number of ether oxygens (including phenoxy) is 2. The van der Waals surface area contributed by atoms with Gasteiger partial charge in [-0.25, -0.2) is 4.79 Å². The van der Waals surface area contributed by atoms with Crippen molar-refractivity contribution >= 4 is 39.4 Å². The number of hydrogen-bond donors (Lipinski definition) is 1. The highest BCUT2D eigenvalue weighted by Gasteiger charge is 2.25. The number of esters is 1. The van der Waals surface area contributed by atoms with Crippen LogP contribution in [0, 0.1) is 0 Å². The second-order valence-electron chi connectivity index (χ2n) is 5.69. The van der Waals surface area contributed by atoms with E-state index in [-0.39, 0.29) is 5.91 Å². The molecule has 0 aromatic heterocycles. The molecule has 0 heterocycles. The van der Waals surface area contributed by atoms with Crippen LogP contribution in [0.3, 0.4) is 0 Å². The molecule has 0 unspecified atom stereocenters. The lowest BCUT2D eigenvalue weighted by molar-refractivity contribution is -0.135. The lowest BCUT2D eigenvalue weighted by Crippen LogP contribution is -2.48. The van der Waals surface area contributed by atoms with Crippen LogP contribution in [-0.4, -0.2) is 30.6 Å². The van der Waals surface area contributed by atoms with Crippen molar-refractivity contribution in [1.82, 2.24) is 5.32 Å². The van der Waals surface area contributed by atoms with Crippen molar-refractivity contribution in [3.05, 3.63) is 39.8 Å². The molecule has 1 N–H and O–H groups in total. The average molecular weight is 419 g/mol. The number of methoxy groups -OCH3 is 1. The highest BCUT2D eigenvalue weighted by molar-refractivity contribution is 9.10. The van der Waals surface area contributed by atoms with Crippen molar-refractivity contribution in [3.8, 4) is 5.75 Å². The van der Waals surface area contributed by atoms with Gasteiger partial charge in [-0.2, -0.15) is 0 Å². The molecule has 132 valence electrons. The quantitative estimate of drug-likeness (QED) is 0.539. The highest BCUT2D eigenvalue weighted by atomic mass is 79.9. The SMILES string of the molecule is CC[C@H](Oc1cc(Cl)cc(Br)c1)C(=O)NC(C)(C)/C=C/C(=O)OC. The third-order valence-corrected chi connectivity index (χ3v) is 3.74. The zero-order valence-corrected chi connectivity index (χ0v) is 16.4. The van der Waals surface area contributed by atoms with Gasteiger partial charge in [0.2, 0.25) is 0 Å². The Hall–Kier alpha value is -1.53. The van der Waals surface area contributed by atoms with E-state index in [1.165, 1.54) is 13.2 Å². The fourth-order valence-electron chi connectivity index (χ4n) is 1.87. The van der Waals surface area contributed by atoms with Crippen LogP contribution in [0.25, 0.3) is 0 Å². The van der Waals surface area contributed by atoms with Crippen LogP contribution in [0.4, 0.5) is 0 Å². The zero-order valence-electron chi connectivity index (χ0n) is 14.1. The van der Waals surface area contributed by atoms with Gasteiger partial charge < -0.3 is 14.8 Å². The normalized spacial score (nSPS) is 12.8. The van der Waals surface area contributed by atoms with Crippen molar-refractivity contribution < 1.29 is 19.1 Å². The van der Waals surface area contributed by atoms with Gasteiger partial charge in [0.05, 0.1) is 12.6 Å². The number of carbonyl (C=O) groups is 2. The van der Waals surface area contributed by atoms with E-state index in [1.807, 2.05) is 6.92 Å². The summed E-state index contributed by atoms with van der Waals surface area (Å²) in [6, 6.07) is 5.12. The van der Waals surface area contributed by atoms with Gasteiger partial charge in [0.25, 0.3) is 5.91 Å². The van der Waals surface area contributed by atoms with E-state index < -0.39 is 17.6 Å². The molecule has 0 radical (unpaired) electrons. The second kappa shape index (κ2) is 9.08. The minimum Gasteiger partial charge on any atom is -0.481 e. The maximum atomic E-state index is 12.4. The third-order valence-electron chi connectivity index (χ3n) is 3.06. The second-order valence-corrected chi connectivity index (χ2v) is 7.04. The van der Waals surface area contributed by atoms with Crippen molar-refractivity contribution in [2.45, 2.75) is 38.8 Å². The molecule has 1 aromatic rings. The van der Waals surface area contributed by atoms with Crippen LogP contribution in [0.1, 0.15) is 27.2 Å². The number of nitrogens with one attached hydrogen (secondary N) is 1. The Bertz CT molecular complexity index is 611. The van der Waals surface area contributed by atoms with Crippen molar-refractivity contribution in [1.29, 1.82) is 0 Å². The number of rotatable bonds is 7. The number of hydrogen-bond acceptors (Lipinski definition) is 4. The van der Waals surface area contributed by atoms with Gasteiger partial charge in [-0.3, -0.25) is 4.79 Å². The summed E-state index contributed by atoms with van der Waals surface area (Å²) in [5, 5.41) is 3.34. The molecule has 0 bridgehead atoms. The van der Waals surface area contributed by atoms with Crippen LogP contribution in [0.2, 0.25) is 5.02 Å². The predicted molar refractivity (Wildman–Crippen MR) is 97.2 cm³/mol. The molecular formula is C17H21BrClNO4. The standard InChI is InChI=1S/C17H21BrClNO4/c1-5-14(24-13-9-11(18)8-12(19)10-13)16(22)20-17(2,3)7-6-15(21)23-4/h6-10,14H,5H2,1-4H3,(H,20,22)/b7-6+/t14-/m0/s1. The molecule has 0 saturated heterocycles. The van der Waals surface area contributed by atoms with Gasteiger partial charge in [-0.05, 0) is 38.5 Å². The molecule has 1 rings (SSSR count). The van der Waals surface area contributed by atoms with E-state index in [2.05, 4.69) is 26.0 Å². The molecule has 1 aromatic carbocycles. The molecule has 1 amide bonds. The van der Waals surface area contributed by atoms with Gasteiger partial charge in [-0.1, -0.05) is 40.5 Å². The Morgan fingerprint density at radius 2 is 2.04 bits per heavy atom. The molecule has 0 spiro atoms. The summed E-state index contributed by atoms with van der Waals surface area (Å²) in [6.45, 7) is 5.39. The Morgan fingerprint density at radius 1 is 1.38 bits per heavy atom. The molecule has 0 aliphatic rings. The van der Waals surface area contributed by atoms with E-state index >= 15 is 0 Å². The number of halogens is 2. The fraction of sp³-hybridized carbons (Fsp3) is 0.412. The highest BCUT2D eigenvalue weighted by Crippen LogP contribution is 2.25. The molecular weight excluding hydrogens is 398 g/mol. The Morgan fingerprint density at radius 3 is 2.58 bits per heavy atom. The van der Waals surface area contributed by atoms with E-state index in [4.69, 9.17) is 16.3 Å². The first-order chi connectivity index (χ1) is 11.2. The first-order valence-electron chi connectivity index (χ1n) is 7.39. The predicted octanol–water partition coefficient (Wildman–Crippen LogP) is 3.88. The molecule has 0 saturated carbocycles. The monoisotopic (exact) mass is 417 g/mol. The van der Waals surface area contributed by atoms with Crippen LogP contribution in [0.5, 0.6) is 5.75 Å². The van der Waals surface area contributed by atoms with Crippen molar-refractivity contribution in [3.63, 3.8) is 0 Å². The van der Waals surface area contributed by atoms with Crippen molar-refractivity contribution in [2.24, 2.45) is 0 Å². The first kappa shape index (κ1) is 20.5. The Kier molecular flexibility index (Phi) is 7.76. The largest absolute Gasteiger partial charge is 0.481 e. The van der Waals surface area contributed by atoms with Gasteiger partial charge in [0, 0.05) is 15.6 Å². The minimum absolute atomic E-state index is 0.284. The van der Waals surface area contributed by atoms with Crippen LogP contribution < -0.4 is 10.1 Å². The molecule has 0 aliphatic heterocycles. The zero-order chi connectivity index (χ0) is 18.3. The summed E-state index contributed by atoms with van der Waals surface area (Å²) in [4.78, 5) is 23.6. The molecule has 1 atom stereocenters. The molecule has 7 heteroatoms. The topological polar surface area (TPSA) is 64.6 Å². The lowest BCUT2D eigenvalue weighted by atomic mass is 10.0.